The molecule has 0 fully saturated rings. The fraction of sp³-hybridized carbons (Fsp3) is 0.357. The molecular formula is C14H16O4S. The first kappa shape index (κ1) is 13.8. The van der Waals surface area contributed by atoms with E-state index in [0.29, 0.717) is 24.2 Å². The molecule has 1 aliphatic carbocycles. The Morgan fingerprint density at radius 2 is 1.95 bits per heavy atom. The summed E-state index contributed by atoms with van der Waals surface area (Å²) in [6, 6.07) is 8.31. The number of esters is 1. The van der Waals surface area contributed by atoms with Gasteiger partial charge < -0.3 is 4.74 Å². The second-order valence-electron chi connectivity index (χ2n) is 4.49. The van der Waals surface area contributed by atoms with Crippen molar-refractivity contribution in [1.82, 2.24) is 0 Å². The number of carbonyl (C=O) groups is 1. The minimum absolute atomic E-state index is 0.282. The summed E-state index contributed by atoms with van der Waals surface area (Å²) in [4.78, 5) is 11.6. The molecule has 4 nitrogen and oxygen atoms in total. The molecule has 1 aromatic carbocycles. The van der Waals surface area contributed by atoms with Crippen molar-refractivity contribution in [2.24, 2.45) is 0 Å². The van der Waals surface area contributed by atoms with Crippen molar-refractivity contribution < 1.29 is 17.9 Å². The van der Waals surface area contributed by atoms with Gasteiger partial charge in [0.25, 0.3) is 0 Å². The lowest BCUT2D eigenvalue weighted by Gasteiger charge is -2.20. The van der Waals surface area contributed by atoms with E-state index in [2.05, 4.69) is 0 Å². The van der Waals surface area contributed by atoms with E-state index in [0.717, 1.165) is 0 Å². The van der Waals surface area contributed by atoms with Crippen molar-refractivity contribution in [3.63, 3.8) is 0 Å². The van der Waals surface area contributed by atoms with E-state index in [9.17, 15) is 13.2 Å². The number of hydrogen-bond donors (Lipinski definition) is 0. The molecule has 0 aromatic heterocycles. The van der Waals surface area contributed by atoms with Crippen molar-refractivity contribution in [2.75, 3.05) is 0 Å². The highest BCUT2D eigenvalue weighted by Crippen LogP contribution is 2.29. The zero-order valence-corrected chi connectivity index (χ0v) is 11.5. The molecule has 102 valence electrons. The van der Waals surface area contributed by atoms with Gasteiger partial charge in [-0.25, -0.2) is 8.42 Å². The normalized spacial score (nSPS) is 19.6. The average molecular weight is 280 g/mol. The Morgan fingerprint density at radius 1 is 1.26 bits per heavy atom. The Kier molecular flexibility index (Phi) is 4.04. The van der Waals surface area contributed by atoms with Crippen molar-refractivity contribution in [1.29, 1.82) is 0 Å². The molecule has 1 atom stereocenters. The third kappa shape index (κ3) is 3.23. The van der Waals surface area contributed by atoms with Crippen LogP contribution in [0.25, 0.3) is 0 Å². The molecular weight excluding hydrogens is 264 g/mol. The number of carbonyl (C=O) groups excluding carboxylic acids is 1. The molecule has 0 bridgehead atoms. The van der Waals surface area contributed by atoms with Crippen molar-refractivity contribution >= 4 is 15.8 Å². The van der Waals surface area contributed by atoms with Crippen LogP contribution in [0.4, 0.5) is 0 Å². The minimum atomic E-state index is -3.46. The summed E-state index contributed by atoms with van der Waals surface area (Å²) in [6.07, 6.45) is 3.01. The van der Waals surface area contributed by atoms with Gasteiger partial charge in [0, 0.05) is 11.8 Å². The second-order valence-corrected chi connectivity index (χ2v) is 6.49. The number of ether oxygens (including phenoxy) is 1. The van der Waals surface area contributed by atoms with Crippen LogP contribution in [0, 0.1) is 0 Å². The predicted molar refractivity (Wildman–Crippen MR) is 71.1 cm³/mol. The van der Waals surface area contributed by atoms with E-state index in [1.165, 1.54) is 6.92 Å². The standard InChI is InChI=1S/C14H16O4S/c1-11(15)18-12-6-5-9-14(10-12)19(16,17)13-7-3-2-4-8-13/h2-4,7-8,10,12H,5-6,9H2,1H3/t12-/m1/s1. The molecule has 0 aliphatic heterocycles. The van der Waals surface area contributed by atoms with Crippen molar-refractivity contribution in [2.45, 2.75) is 37.2 Å². The van der Waals surface area contributed by atoms with Crippen LogP contribution in [0.1, 0.15) is 26.2 Å². The highest BCUT2D eigenvalue weighted by molar-refractivity contribution is 7.95. The van der Waals surface area contributed by atoms with Crippen LogP contribution in [0.15, 0.2) is 46.2 Å². The Balaban J connectivity index is 2.30. The Hall–Kier alpha value is -1.62. The summed E-state index contributed by atoms with van der Waals surface area (Å²) in [5, 5.41) is 0. The lowest BCUT2D eigenvalue weighted by molar-refractivity contribution is -0.144. The monoisotopic (exact) mass is 280 g/mol. The Morgan fingerprint density at radius 3 is 2.58 bits per heavy atom. The molecule has 2 rings (SSSR count). The first-order valence-corrected chi connectivity index (χ1v) is 7.66. The molecule has 0 saturated carbocycles. The number of allylic oxidation sites excluding steroid dienone is 1. The zero-order valence-electron chi connectivity index (χ0n) is 10.7. The van der Waals surface area contributed by atoms with Gasteiger partial charge in [-0.05, 0) is 37.5 Å². The topological polar surface area (TPSA) is 60.4 Å². The van der Waals surface area contributed by atoms with Crippen LogP contribution in [-0.4, -0.2) is 20.5 Å². The van der Waals surface area contributed by atoms with Gasteiger partial charge in [0.1, 0.15) is 6.10 Å². The van der Waals surface area contributed by atoms with Gasteiger partial charge in [0.2, 0.25) is 9.84 Å². The fourth-order valence-corrected chi connectivity index (χ4v) is 3.69. The van der Waals surface area contributed by atoms with Crippen molar-refractivity contribution in [3.8, 4) is 0 Å². The highest BCUT2D eigenvalue weighted by atomic mass is 32.2. The number of rotatable bonds is 3. The van der Waals surface area contributed by atoms with E-state index in [1.54, 1.807) is 36.4 Å². The van der Waals surface area contributed by atoms with Gasteiger partial charge in [0.15, 0.2) is 0 Å². The van der Waals surface area contributed by atoms with Crippen LogP contribution in [-0.2, 0) is 19.4 Å². The first-order chi connectivity index (χ1) is 9.00. The molecule has 1 aromatic rings. The van der Waals surface area contributed by atoms with Crippen LogP contribution >= 0.6 is 0 Å². The summed E-state index contributed by atoms with van der Waals surface area (Å²) in [5.41, 5.74) is 0. The molecule has 0 unspecified atom stereocenters. The summed E-state index contributed by atoms with van der Waals surface area (Å²) in [6.45, 7) is 1.33. The Labute approximate surface area is 113 Å². The van der Waals surface area contributed by atoms with E-state index < -0.39 is 15.9 Å². The largest absolute Gasteiger partial charge is 0.458 e. The maximum Gasteiger partial charge on any atom is 0.303 e. The third-order valence-electron chi connectivity index (χ3n) is 3.00. The van der Waals surface area contributed by atoms with Crippen molar-refractivity contribution in [3.05, 3.63) is 41.3 Å². The smallest absolute Gasteiger partial charge is 0.303 e. The molecule has 1 aliphatic rings. The molecule has 0 radical (unpaired) electrons. The van der Waals surface area contributed by atoms with E-state index in [-0.39, 0.29) is 10.9 Å². The summed E-state index contributed by atoms with van der Waals surface area (Å²) < 4.78 is 29.9. The van der Waals surface area contributed by atoms with Crippen LogP contribution in [0.2, 0.25) is 0 Å². The van der Waals surface area contributed by atoms with Gasteiger partial charge in [-0.15, -0.1) is 0 Å². The molecule has 0 heterocycles. The van der Waals surface area contributed by atoms with Gasteiger partial charge >= 0.3 is 5.97 Å². The molecule has 19 heavy (non-hydrogen) atoms. The predicted octanol–water partition coefficient (Wildman–Crippen LogP) is 2.46. The molecule has 5 heteroatoms. The fourth-order valence-electron chi connectivity index (χ4n) is 2.13. The maximum atomic E-state index is 12.4. The zero-order chi connectivity index (χ0) is 13.9. The quantitative estimate of drug-likeness (QED) is 0.798. The van der Waals surface area contributed by atoms with Crippen LogP contribution in [0.5, 0.6) is 0 Å². The number of hydrogen-bond acceptors (Lipinski definition) is 4. The second kappa shape index (κ2) is 5.57. The maximum absolute atomic E-state index is 12.4. The van der Waals surface area contributed by atoms with Crippen LogP contribution in [0.3, 0.4) is 0 Å². The molecule has 0 spiro atoms. The lowest BCUT2D eigenvalue weighted by atomic mass is 10.1. The van der Waals surface area contributed by atoms with E-state index in [1.807, 2.05) is 0 Å². The Bertz CT molecular complexity index is 587. The molecule has 0 saturated heterocycles. The third-order valence-corrected chi connectivity index (χ3v) is 4.92. The van der Waals surface area contributed by atoms with Crippen LogP contribution < -0.4 is 0 Å². The average Bonchev–Trinajstić information content (AvgIpc) is 2.39. The number of benzene rings is 1. The summed E-state index contributed by atoms with van der Waals surface area (Å²) in [7, 11) is -3.46. The summed E-state index contributed by atoms with van der Waals surface area (Å²) in [5.74, 6) is -0.389. The molecule has 0 N–H and O–H groups in total. The lowest BCUT2D eigenvalue weighted by Crippen LogP contribution is -2.20. The minimum Gasteiger partial charge on any atom is -0.458 e. The molecule has 0 amide bonds. The highest BCUT2D eigenvalue weighted by Gasteiger charge is 2.25. The number of sulfone groups is 1. The van der Waals surface area contributed by atoms with Gasteiger partial charge in [-0.3, -0.25) is 4.79 Å². The van der Waals surface area contributed by atoms with Gasteiger partial charge in [-0.1, -0.05) is 18.2 Å². The SMILES string of the molecule is CC(=O)O[C@H]1C=C(S(=O)(=O)c2ccccc2)CCC1. The van der Waals surface area contributed by atoms with Gasteiger partial charge in [0.05, 0.1) is 4.90 Å². The first-order valence-electron chi connectivity index (χ1n) is 6.18. The summed E-state index contributed by atoms with van der Waals surface area (Å²) >= 11 is 0. The van der Waals surface area contributed by atoms with E-state index in [4.69, 9.17) is 4.74 Å². The van der Waals surface area contributed by atoms with E-state index >= 15 is 0 Å². The van der Waals surface area contributed by atoms with Gasteiger partial charge in [-0.2, -0.15) is 0 Å².